The van der Waals surface area contributed by atoms with Crippen LogP contribution in [0.3, 0.4) is 0 Å². The molecule has 2 aromatic rings. The van der Waals surface area contributed by atoms with Crippen LogP contribution in [0, 0.1) is 10.1 Å². The number of imidazole rings is 1. The van der Waals surface area contributed by atoms with Crippen LogP contribution >= 0.6 is 0 Å². The molecule has 2 heterocycles. The first-order chi connectivity index (χ1) is 10.0. The molecule has 9 nitrogen and oxygen atoms in total. The van der Waals surface area contributed by atoms with E-state index in [1.54, 1.807) is 6.07 Å². The van der Waals surface area contributed by atoms with Crippen molar-refractivity contribution in [2.75, 3.05) is 6.61 Å². The van der Waals surface area contributed by atoms with Gasteiger partial charge in [-0.1, -0.05) is 6.07 Å². The van der Waals surface area contributed by atoms with E-state index in [4.69, 9.17) is 9.84 Å². The van der Waals surface area contributed by atoms with Crippen LogP contribution in [0.4, 0.5) is 5.69 Å². The van der Waals surface area contributed by atoms with Crippen LogP contribution < -0.4 is 0 Å². The van der Waals surface area contributed by atoms with Crippen LogP contribution in [-0.2, 0) is 4.74 Å². The molecular formula is C12H13N3O6. The summed E-state index contributed by atoms with van der Waals surface area (Å²) in [5.74, 6) is 0. The molecule has 1 aliphatic rings. The van der Waals surface area contributed by atoms with E-state index in [1.807, 2.05) is 0 Å². The lowest BCUT2D eigenvalue weighted by atomic mass is 10.1. The second-order valence-electron chi connectivity index (χ2n) is 4.78. The Morgan fingerprint density at radius 1 is 1.38 bits per heavy atom. The summed E-state index contributed by atoms with van der Waals surface area (Å²) in [6.45, 7) is -0.443. The number of non-ortho nitro benzene ring substituents is 1. The summed E-state index contributed by atoms with van der Waals surface area (Å²) < 4.78 is 6.80. The third kappa shape index (κ3) is 2.07. The number of hydrogen-bond donors (Lipinski definition) is 3. The molecule has 21 heavy (non-hydrogen) atoms. The number of rotatable bonds is 3. The van der Waals surface area contributed by atoms with Gasteiger partial charge in [-0.05, 0) is 6.07 Å². The number of hydrogen-bond acceptors (Lipinski definition) is 7. The van der Waals surface area contributed by atoms with Crippen molar-refractivity contribution in [2.24, 2.45) is 0 Å². The molecule has 4 atom stereocenters. The van der Waals surface area contributed by atoms with Gasteiger partial charge in [-0.25, -0.2) is 4.98 Å². The Balaban J connectivity index is 2.06. The zero-order chi connectivity index (χ0) is 15.1. The van der Waals surface area contributed by atoms with Crippen molar-refractivity contribution in [2.45, 2.75) is 24.5 Å². The van der Waals surface area contributed by atoms with E-state index in [-0.39, 0.29) is 11.2 Å². The van der Waals surface area contributed by atoms with E-state index in [0.717, 1.165) is 0 Å². The highest BCUT2D eigenvalue weighted by molar-refractivity contribution is 5.84. The fourth-order valence-corrected chi connectivity index (χ4v) is 2.50. The predicted octanol–water partition coefficient (Wildman–Crippen LogP) is -0.444. The monoisotopic (exact) mass is 295 g/mol. The topological polar surface area (TPSA) is 131 Å². The molecular weight excluding hydrogens is 282 g/mol. The summed E-state index contributed by atoms with van der Waals surface area (Å²) in [5, 5.41) is 39.8. The van der Waals surface area contributed by atoms with Gasteiger partial charge in [0.15, 0.2) is 11.7 Å². The second kappa shape index (κ2) is 5.04. The maximum atomic E-state index is 11.0. The van der Waals surface area contributed by atoms with Gasteiger partial charge in [-0.2, -0.15) is 0 Å². The highest BCUT2D eigenvalue weighted by Gasteiger charge is 2.43. The van der Waals surface area contributed by atoms with Crippen LogP contribution in [0.1, 0.15) is 6.23 Å². The van der Waals surface area contributed by atoms with E-state index < -0.39 is 36.1 Å². The molecule has 1 aliphatic heterocycles. The zero-order valence-corrected chi connectivity index (χ0v) is 10.7. The van der Waals surface area contributed by atoms with Crippen LogP contribution in [0.25, 0.3) is 11.0 Å². The van der Waals surface area contributed by atoms with Crippen molar-refractivity contribution in [1.29, 1.82) is 0 Å². The van der Waals surface area contributed by atoms with E-state index in [1.165, 1.54) is 23.0 Å². The summed E-state index contributed by atoms with van der Waals surface area (Å²) in [6, 6.07) is 4.43. The fourth-order valence-electron chi connectivity index (χ4n) is 2.50. The summed E-state index contributed by atoms with van der Waals surface area (Å²) in [7, 11) is 0. The molecule has 1 fully saturated rings. The summed E-state index contributed by atoms with van der Waals surface area (Å²) >= 11 is 0. The Labute approximate surface area is 118 Å². The first kappa shape index (κ1) is 13.9. The molecule has 0 unspecified atom stereocenters. The number of para-hydroxylation sites is 1. The number of fused-ring (bicyclic) bond motifs is 1. The van der Waals surface area contributed by atoms with Crippen molar-refractivity contribution >= 4 is 16.7 Å². The molecule has 0 aliphatic carbocycles. The molecule has 1 aromatic heterocycles. The van der Waals surface area contributed by atoms with Gasteiger partial charge in [0.1, 0.15) is 18.3 Å². The number of nitro groups is 1. The standard InChI is InChI=1S/C12H13N3O6/c16-4-8-10(17)11(18)12(21-8)14-5-13-9-6(14)2-1-3-7(9)15(19)20/h1-3,5,8,10-12,16-18H,4H2/t8-,10-,11-,12-/m1/s1. The average Bonchev–Trinajstić information content (AvgIpc) is 3.01. The lowest BCUT2D eigenvalue weighted by molar-refractivity contribution is -0.383. The first-order valence-electron chi connectivity index (χ1n) is 6.27. The molecule has 0 radical (unpaired) electrons. The number of aliphatic hydroxyl groups excluding tert-OH is 3. The lowest BCUT2D eigenvalue weighted by Gasteiger charge is -2.16. The number of aromatic nitrogens is 2. The molecule has 3 rings (SSSR count). The molecule has 1 saturated heterocycles. The van der Waals surface area contributed by atoms with Crippen LogP contribution in [0.2, 0.25) is 0 Å². The van der Waals surface area contributed by atoms with Crippen molar-refractivity contribution in [3.05, 3.63) is 34.6 Å². The number of aliphatic hydroxyl groups is 3. The van der Waals surface area contributed by atoms with Gasteiger partial charge in [0.05, 0.1) is 23.4 Å². The van der Waals surface area contributed by atoms with E-state index in [2.05, 4.69) is 4.98 Å². The molecule has 9 heteroatoms. The molecule has 0 saturated carbocycles. The SMILES string of the molecule is O=[N+]([O-])c1cccc2c1ncn2[C@@H]1O[C@H](CO)[C@@H](O)[C@H]1O. The van der Waals surface area contributed by atoms with Gasteiger partial charge < -0.3 is 24.6 Å². The number of nitro benzene ring substituents is 1. The normalized spacial score (nSPS) is 29.1. The van der Waals surface area contributed by atoms with Crippen LogP contribution in [-0.4, -0.2) is 54.7 Å². The first-order valence-corrected chi connectivity index (χ1v) is 6.27. The summed E-state index contributed by atoms with van der Waals surface area (Å²) in [4.78, 5) is 14.4. The summed E-state index contributed by atoms with van der Waals surface area (Å²) in [5.41, 5.74) is 0.414. The highest BCUT2D eigenvalue weighted by atomic mass is 16.6. The van der Waals surface area contributed by atoms with Gasteiger partial charge in [0, 0.05) is 6.07 Å². The minimum absolute atomic E-state index is 0.155. The van der Waals surface area contributed by atoms with Gasteiger partial charge >= 0.3 is 0 Å². The molecule has 0 bridgehead atoms. The van der Waals surface area contributed by atoms with Crippen LogP contribution in [0.5, 0.6) is 0 Å². The Bertz CT molecular complexity index is 687. The predicted molar refractivity (Wildman–Crippen MR) is 69.4 cm³/mol. The van der Waals surface area contributed by atoms with Crippen LogP contribution in [0.15, 0.2) is 24.5 Å². The molecule has 0 amide bonds. The van der Waals surface area contributed by atoms with Crippen molar-refractivity contribution in [3.63, 3.8) is 0 Å². The van der Waals surface area contributed by atoms with Crippen molar-refractivity contribution in [1.82, 2.24) is 9.55 Å². The van der Waals surface area contributed by atoms with Gasteiger partial charge in [0.2, 0.25) is 0 Å². The van der Waals surface area contributed by atoms with E-state index in [9.17, 15) is 20.3 Å². The average molecular weight is 295 g/mol. The maximum absolute atomic E-state index is 11.0. The lowest BCUT2D eigenvalue weighted by Crippen LogP contribution is -2.33. The van der Waals surface area contributed by atoms with E-state index in [0.29, 0.717) is 5.52 Å². The third-order valence-electron chi connectivity index (χ3n) is 3.57. The number of ether oxygens (including phenoxy) is 1. The molecule has 3 N–H and O–H groups in total. The van der Waals surface area contributed by atoms with Crippen molar-refractivity contribution < 1.29 is 25.0 Å². The largest absolute Gasteiger partial charge is 0.394 e. The highest BCUT2D eigenvalue weighted by Crippen LogP contribution is 2.33. The smallest absolute Gasteiger partial charge is 0.297 e. The number of nitrogens with zero attached hydrogens (tertiary/aromatic N) is 3. The Morgan fingerprint density at radius 3 is 2.76 bits per heavy atom. The number of benzene rings is 1. The van der Waals surface area contributed by atoms with Gasteiger partial charge in [-0.15, -0.1) is 0 Å². The maximum Gasteiger partial charge on any atom is 0.297 e. The fraction of sp³-hybridized carbons (Fsp3) is 0.417. The molecule has 0 spiro atoms. The zero-order valence-electron chi connectivity index (χ0n) is 10.7. The minimum Gasteiger partial charge on any atom is -0.394 e. The Morgan fingerprint density at radius 2 is 2.14 bits per heavy atom. The molecule has 112 valence electrons. The molecule has 1 aromatic carbocycles. The Hall–Kier alpha value is -2.07. The van der Waals surface area contributed by atoms with Gasteiger partial charge in [-0.3, -0.25) is 10.1 Å². The second-order valence-corrected chi connectivity index (χ2v) is 4.78. The third-order valence-corrected chi connectivity index (χ3v) is 3.57. The quantitative estimate of drug-likeness (QED) is 0.516. The summed E-state index contributed by atoms with van der Waals surface area (Å²) in [6.07, 6.45) is -3.09. The Kier molecular flexibility index (Phi) is 3.33. The van der Waals surface area contributed by atoms with Crippen molar-refractivity contribution in [3.8, 4) is 0 Å². The minimum atomic E-state index is -1.26. The van der Waals surface area contributed by atoms with Gasteiger partial charge in [0.25, 0.3) is 5.69 Å². The van der Waals surface area contributed by atoms with E-state index >= 15 is 0 Å².